The van der Waals surface area contributed by atoms with Gasteiger partial charge in [0.1, 0.15) is 6.17 Å². The van der Waals surface area contributed by atoms with Gasteiger partial charge in [-0.25, -0.2) is 0 Å². The minimum Gasteiger partial charge on any atom is -0.354 e. The maximum Gasteiger partial charge on any atom is 0.257 e. The zero-order chi connectivity index (χ0) is 16.7. The zero-order valence-corrected chi connectivity index (χ0v) is 14.3. The number of carbonyl (C=O) groups is 2. The van der Waals surface area contributed by atoms with Crippen molar-refractivity contribution in [1.82, 2.24) is 10.2 Å². The van der Waals surface area contributed by atoms with Crippen LogP contribution in [0.2, 0.25) is 0 Å². The van der Waals surface area contributed by atoms with Crippen LogP contribution < -0.4 is 10.2 Å². The topological polar surface area (TPSA) is 52.7 Å². The number of hydrogen-bond donors (Lipinski definition) is 1. The highest BCUT2D eigenvalue weighted by Crippen LogP contribution is 2.35. The Balaban J connectivity index is 1.58. The number of nitrogens with zero attached hydrogens (tertiary/aromatic N) is 2. The lowest BCUT2D eigenvalue weighted by Crippen LogP contribution is -2.50. The van der Waals surface area contributed by atoms with E-state index < -0.39 is 0 Å². The lowest BCUT2D eigenvalue weighted by atomic mass is 10.0. The molecule has 3 heterocycles. The van der Waals surface area contributed by atoms with E-state index in [1.165, 1.54) is 0 Å². The summed E-state index contributed by atoms with van der Waals surface area (Å²) in [4.78, 5) is 30.2. The number of anilines is 1. The van der Waals surface area contributed by atoms with Crippen molar-refractivity contribution in [2.75, 3.05) is 18.5 Å². The molecule has 0 bridgehead atoms. The first-order chi connectivity index (χ1) is 11.6. The number of amides is 2. The molecule has 0 radical (unpaired) electrons. The number of thiophene rings is 1. The van der Waals surface area contributed by atoms with E-state index in [0.717, 1.165) is 30.0 Å². The van der Waals surface area contributed by atoms with Crippen molar-refractivity contribution >= 4 is 28.8 Å². The number of carbonyl (C=O) groups excluding carboxylic acids is 2. The first-order valence-electron chi connectivity index (χ1n) is 8.13. The number of rotatable bonds is 3. The van der Waals surface area contributed by atoms with Crippen LogP contribution in [0.4, 0.5) is 5.69 Å². The van der Waals surface area contributed by atoms with Gasteiger partial charge in [-0.15, -0.1) is 11.3 Å². The molecule has 0 saturated carbocycles. The van der Waals surface area contributed by atoms with Gasteiger partial charge in [0.25, 0.3) is 11.8 Å². The second-order valence-corrected chi connectivity index (χ2v) is 7.26. The van der Waals surface area contributed by atoms with Gasteiger partial charge in [0, 0.05) is 24.0 Å². The van der Waals surface area contributed by atoms with Crippen LogP contribution in [0.15, 0.2) is 35.7 Å². The van der Waals surface area contributed by atoms with E-state index in [1.807, 2.05) is 35.5 Å². The van der Waals surface area contributed by atoms with Crippen molar-refractivity contribution in [1.29, 1.82) is 0 Å². The van der Waals surface area contributed by atoms with Gasteiger partial charge in [0.05, 0.1) is 17.8 Å². The molecule has 2 aromatic rings. The number of benzene rings is 1. The molecule has 6 heteroatoms. The minimum atomic E-state index is -0.110. The number of fused-ring (bicyclic) bond motifs is 2. The Labute approximate surface area is 144 Å². The van der Waals surface area contributed by atoms with Gasteiger partial charge >= 0.3 is 0 Å². The lowest BCUT2D eigenvalue weighted by molar-refractivity contribution is 0.0719. The molecule has 24 heavy (non-hydrogen) atoms. The first kappa shape index (κ1) is 15.2. The highest BCUT2D eigenvalue weighted by molar-refractivity contribution is 7.09. The first-order valence-corrected chi connectivity index (χ1v) is 9.01. The van der Waals surface area contributed by atoms with E-state index in [1.54, 1.807) is 23.5 Å². The SMILES string of the molecule is CN1c2cc(C(=O)NCc3cccs3)ccc2C(=O)N2CCC[C@H]21. The predicted octanol–water partition coefficient (Wildman–Crippen LogP) is 2.69. The van der Waals surface area contributed by atoms with Crippen molar-refractivity contribution in [2.24, 2.45) is 0 Å². The number of hydrogen-bond acceptors (Lipinski definition) is 4. The zero-order valence-electron chi connectivity index (χ0n) is 13.5. The van der Waals surface area contributed by atoms with Crippen LogP contribution in [0.5, 0.6) is 0 Å². The summed E-state index contributed by atoms with van der Waals surface area (Å²) < 4.78 is 0. The molecule has 4 rings (SSSR count). The molecule has 1 N–H and O–H groups in total. The predicted molar refractivity (Wildman–Crippen MR) is 94.4 cm³/mol. The molecule has 1 atom stereocenters. The Kier molecular flexibility index (Phi) is 3.76. The van der Waals surface area contributed by atoms with Crippen molar-refractivity contribution in [2.45, 2.75) is 25.6 Å². The largest absolute Gasteiger partial charge is 0.354 e. The molecule has 124 valence electrons. The van der Waals surface area contributed by atoms with Gasteiger partial charge in [-0.1, -0.05) is 6.07 Å². The standard InChI is InChI=1S/C18H19N3O2S/c1-20-15-10-12(17(22)19-11-13-4-3-9-24-13)6-7-14(15)18(23)21-8-2-5-16(20)21/h3-4,6-7,9-10,16H,2,5,8,11H2,1H3,(H,19,22)/t16-/m0/s1. The Morgan fingerprint density at radius 1 is 1.38 bits per heavy atom. The quantitative estimate of drug-likeness (QED) is 0.934. The van der Waals surface area contributed by atoms with E-state index in [9.17, 15) is 9.59 Å². The van der Waals surface area contributed by atoms with Crippen LogP contribution in [0.25, 0.3) is 0 Å². The van der Waals surface area contributed by atoms with Crippen LogP contribution in [0.1, 0.15) is 38.4 Å². The molecule has 2 amide bonds. The van der Waals surface area contributed by atoms with Crippen molar-refractivity contribution < 1.29 is 9.59 Å². The third-order valence-corrected chi connectivity index (χ3v) is 5.68. The molecule has 0 unspecified atom stereocenters. The third kappa shape index (κ3) is 2.47. The summed E-state index contributed by atoms with van der Waals surface area (Å²) in [7, 11) is 2.00. The molecule has 1 saturated heterocycles. The molecule has 5 nitrogen and oxygen atoms in total. The maximum atomic E-state index is 12.6. The third-order valence-electron chi connectivity index (χ3n) is 4.80. The average molecular weight is 341 g/mol. The van der Waals surface area contributed by atoms with Gasteiger partial charge in [-0.3, -0.25) is 9.59 Å². The maximum absolute atomic E-state index is 12.6. The molecular weight excluding hydrogens is 322 g/mol. The molecular formula is C18H19N3O2S. The molecule has 1 aromatic carbocycles. The highest BCUT2D eigenvalue weighted by Gasteiger charge is 2.38. The second-order valence-electron chi connectivity index (χ2n) is 6.23. The molecule has 0 spiro atoms. The summed E-state index contributed by atoms with van der Waals surface area (Å²) in [6.07, 6.45) is 2.13. The normalized spacial score (nSPS) is 19.2. The van der Waals surface area contributed by atoms with Gasteiger partial charge in [0.2, 0.25) is 0 Å². The van der Waals surface area contributed by atoms with Crippen LogP contribution in [0.3, 0.4) is 0 Å². The van der Waals surface area contributed by atoms with E-state index in [4.69, 9.17) is 0 Å². The van der Waals surface area contributed by atoms with Gasteiger partial charge in [-0.2, -0.15) is 0 Å². The van der Waals surface area contributed by atoms with E-state index in [2.05, 4.69) is 10.2 Å². The summed E-state index contributed by atoms with van der Waals surface area (Å²) in [5.41, 5.74) is 2.13. The van der Waals surface area contributed by atoms with Crippen LogP contribution in [0, 0.1) is 0 Å². The van der Waals surface area contributed by atoms with Crippen LogP contribution in [-0.4, -0.2) is 36.5 Å². The Bertz CT molecular complexity index is 788. The van der Waals surface area contributed by atoms with E-state index in [0.29, 0.717) is 17.7 Å². The molecule has 2 aliphatic rings. The second kappa shape index (κ2) is 5.94. The Morgan fingerprint density at radius 2 is 2.25 bits per heavy atom. The Hall–Kier alpha value is -2.34. The Morgan fingerprint density at radius 3 is 3.04 bits per heavy atom. The van der Waals surface area contributed by atoms with Crippen molar-refractivity contribution in [3.8, 4) is 0 Å². The fourth-order valence-electron chi connectivity index (χ4n) is 3.53. The lowest BCUT2D eigenvalue weighted by Gasteiger charge is -2.40. The van der Waals surface area contributed by atoms with Gasteiger partial charge in [-0.05, 0) is 42.5 Å². The van der Waals surface area contributed by atoms with Crippen LogP contribution in [-0.2, 0) is 6.54 Å². The van der Waals surface area contributed by atoms with Gasteiger partial charge < -0.3 is 15.1 Å². The number of nitrogens with one attached hydrogen (secondary N) is 1. The monoisotopic (exact) mass is 341 g/mol. The van der Waals surface area contributed by atoms with E-state index >= 15 is 0 Å². The summed E-state index contributed by atoms with van der Waals surface area (Å²) >= 11 is 1.62. The summed E-state index contributed by atoms with van der Waals surface area (Å²) in [5.74, 6) is -0.0305. The summed E-state index contributed by atoms with van der Waals surface area (Å²) in [5, 5.41) is 4.93. The smallest absolute Gasteiger partial charge is 0.257 e. The fraction of sp³-hybridized carbons (Fsp3) is 0.333. The molecule has 2 aliphatic heterocycles. The van der Waals surface area contributed by atoms with E-state index in [-0.39, 0.29) is 18.0 Å². The minimum absolute atomic E-state index is 0.0798. The molecule has 1 aromatic heterocycles. The fourth-order valence-corrected chi connectivity index (χ4v) is 4.18. The summed E-state index contributed by atoms with van der Waals surface area (Å²) in [6.45, 7) is 1.34. The molecule has 0 aliphatic carbocycles. The summed E-state index contributed by atoms with van der Waals surface area (Å²) in [6, 6.07) is 9.33. The highest BCUT2D eigenvalue weighted by atomic mass is 32.1. The average Bonchev–Trinajstić information content (AvgIpc) is 3.28. The van der Waals surface area contributed by atoms with Gasteiger partial charge in [0.15, 0.2) is 0 Å². The van der Waals surface area contributed by atoms with Crippen molar-refractivity contribution in [3.05, 3.63) is 51.7 Å². The van der Waals surface area contributed by atoms with Crippen LogP contribution >= 0.6 is 11.3 Å². The van der Waals surface area contributed by atoms with Crippen molar-refractivity contribution in [3.63, 3.8) is 0 Å². The molecule has 1 fully saturated rings.